The predicted molar refractivity (Wildman–Crippen MR) is 220 cm³/mol. The number of pyridine rings is 4. The lowest BCUT2D eigenvalue weighted by atomic mass is 10.0. The molecule has 4 aromatic heterocycles. The Bertz CT molecular complexity index is 2660. The van der Waals surface area contributed by atoms with E-state index < -0.39 is 137 Å². The van der Waals surface area contributed by atoms with E-state index in [0.29, 0.717) is 24.5 Å². The maximum atomic E-state index is 13.4. The number of halogens is 12. The lowest BCUT2D eigenvalue weighted by Crippen LogP contribution is -2.57. The summed E-state index contributed by atoms with van der Waals surface area (Å²) in [7, 11) is -8.52. The highest BCUT2D eigenvalue weighted by Gasteiger charge is 2.50. The summed E-state index contributed by atoms with van der Waals surface area (Å²) in [5, 5.41) is 13.1. The van der Waals surface area contributed by atoms with Gasteiger partial charge in [-0.3, -0.25) is 9.59 Å². The van der Waals surface area contributed by atoms with Crippen molar-refractivity contribution in [2.75, 3.05) is 46.6 Å². The van der Waals surface area contributed by atoms with E-state index in [9.17, 15) is 79.1 Å². The third kappa shape index (κ3) is 14.1. The third-order valence-electron chi connectivity index (χ3n) is 9.61. The number of ether oxygens (including phenoxy) is 2. The fourth-order valence-corrected chi connectivity index (χ4v) is 7.78. The molecule has 384 valence electrons. The Labute approximate surface area is 388 Å². The highest BCUT2D eigenvalue weighted by atomic mass is 32.2. The van der Waals surface area contributed by atoms with E-state index >= 15 is 0 Å². The van der Waals surface area contributed by atoms with Crippen molar-refractivity contribution in [2.45, 2.75) is 85.9 Å². The van der Waals surface area contributed by atoms with Crippen molar-refractivity contribution in [3.8, 4) is 0 Å². The number of carbonyl (C=O) groups excluding carboxylic acids is 2. The zero-order valence-electron chi connectivity index (χ0n) is 36.2. The molecule has 0 saturated carbocycles. The van der Waals surface area contributed by atoms with Crippen LogP contribution >= 0.6 is 0 Å². The molecule has 2 amide bonds. The Morgan fingerprint density at radius 2 is 0.929 bits per heavy atom. The molecule has 0 spiro atoms. The summed E-state index contributed by atoms with van der Waals surface area (Å²) in [5.41, 5.74) is -7.14. The number of morpholine rings is 2. The lowest BCUT2D eigenvalue weighted by Gasteiger charge is -2.44. The van der Waals surface area contributed by atoms with Crippen LogP contribution in [0.3, 0.4) is 0 Å². The summed E-state index contributed by atoms with van der Waals surface area (Å²) < 4.78 is 216. The second kappa shape index (κ2) is 19.3. The Kier molecular flexibility index (Phi) is 15.2. The highest BCUT2D eigenvalue weighted by Crippen LogP contribution is 2.39. The van der Waals surface area contributed by atoms with E-state index in [1.807, 2.05) is 0 Å². The van der Waals surface area contributed by atoms with Crippen molar-refractivity contribution < 1.29 is 88.6 Å². The van der Waals surface area contributed by atoms with Gasteiger partial charge in [0.25, 0.3) is 31.9 Å². The lowest BCUT2D eigenvalue weighted by molar-refractivity contribution is -0.251. The van der Waals surface area contributed by atoms with Crippen molar-refractivity contribution in [1.29, 1.82) is 0 Å². The maximum Gasteiger partial charge on any atom is 0.417 e. The Hall–Kier alpha value is -5.96. The second-order valence-electron chi connectivity index (χ2n) is 16.5. The second-order valence-corrected chi connectivity index (χ2v) is 19.5. The molecule has 2 unspecified atom stereocenters. The third-order valence-corrected chi connectivity index (χ3v) is 11.2. The zero-order valence-corrected chi connectivity index (χ0v) is 37.8. The molecule has 2 aliphatic heterocycles. The molecule has 6 rings (SSSR count). The van der Waals surface area contributed by atoms with Gasteiger partial charge in [0.1, 0.15) is 11.6 Å². The average Bonchev–Trinajstić information content (AvgIpc) is 3.20. The molecule has 2 aliphatic rings. The van der Waals surface area contributed by atoms with Crippen LogP contribution < -0.4 is 30.7 Å². The molecule has 2 atom stereocenters. The molecular formula is C38H38F12N10O8S2. The predicted octanol–water partition coefficient (Wildman–Crippen LogP) is 5.88. The molecule has 0 aromatic carbocycles. The van der Waals surface area contributed by atoms with Crippen molar-refractivity contribution in [3.63, 3.8) is 0 Å². The first-order valence-electron chi connectivity index (χ1n) is 19.5. The fourth-order valence-electron chi connectivity index (χ4n) is 6.78. The molecule has 18 nitrogen and oxygen atoms in total. The van der Waals surface area contributed by atoms with Gasteiger partial charge in [-0.15, -0.1) is 0 Å². The van der Waals surface area contributed by atoms with Crippen molar-refractivity contribution >= 4 is 54.9 Å². The fraction of sp³-hybridized carbons (Fsp3) is 0.421. The first-order chi connectivity index (χ1) is 31.7. The average molecular weight is 1050 g/mol. The van der Waals surface area contributed by atoms with Crippen molar-refractivity contribution in [3.05, 3.63) is 83.4 Å². The summed E-state index contributed by atoms with van der Waals surface area (Å²) >= 11 is 0. The van der Waals surface area contributed by atoms with Gasteiger partial charge in [-0.05, 0) is 52.0 Å². The minimum absolute atomic E-state index is 0.187. The van der Waals surface area contributed by atoms with E-state index in [0.717, 1.165) is 46.5 Å². The molecule has 2 saturated heterocycles. The summed E-state index contributed by atoms with van der Waals surface area (Å²) in [6.07, 6.45) is -21.2. The van der Waals surface area contributed by atoms with Crippen LogP contribution in [0.1, 0.15) is 59.5 Å². The number of primary sulfonamides is 2. The smallest absolute Gasteiger partial charge is 0.359 e. The van der Waals surface area contributed by atoms with E-state index in [1.165, 1.54) is 27.7 Å². The molecule has 70 heavy (non-hydrogen) atoms. The van der Waals surface area contributed by atoms with Gasteiger partial charge < -0.3 is 29.9 Å². The van der Waals surface area contributed by atoms with Gasteiger partial charge in [-0.1, -0.05) is 0 Å². The normalized spacial score (nSPS) is 18.9. The first kappa shape index (κ1) is 55.0. The summed E-state index contributed by atoms with van der Waals surface area (Å²) in [5.74, 6) is -3.25. The first-order valence-corrected chi connectivity index (χ1v) is 22.6. The van der Waals surface area contributed by atoms with Crippen molar-refractivity contribution in [1.82, 2.24) is 19.9 Å². The number of sulfonamides is 2. The van der Waals surface area contributed by atoms with Gasteiger partial charge in [-0.2, -0.15) is 52.7 Å². The standard InChI is InChI=1S/2C19H19F6N5O4S/c2*1-17(2)9-30(8-13(34-17)19(23,24)25)15-12(5-10(7-28-15)18(20,21)22)16(31)29-11-3-4-27-14(6-11)35(26,32)33/h2*3-7,13H,8-9H2,1-2H3,(H2,26,32,33)(H,27,29,31). The van der Waals surface area contributed by atoms with Crippen LogP contribution in [0.5, 0.6) is 0 Å². The van der Waals surface area contributed by atoms with Crippen molar-refractivity contribution in [2.24, 2.45) is 10.3 Å². The molecule has 6 N–H and O–H groups in total. The quantitative estimate of drug-likeness (QED) is 0.150. The number of nitrogens with two attached hydrogens (primary N) is 2. The number of hydrogen-bond acceptors (Lipinski definition) is 14. The summed E-state index contributed by atoms with van der Waals surface area (Å²) in [6.45, 7) is 3.33. The number of nitrogens with zero attached hydrogens (tertiary/aromatic N) is 6. The Morgan fingerprint density at radius 3 is 1.21 bits per heavy atom. The minimum Gasteiger partial charge on any atom is -0.359 e. The molecule has 2 fully saturated rings. The van der Waals surface area contributed by atoms with Gasteiger partial charge in [0.05, 0.1) is 46.5 Å². The zero-order chi connectivity index (χ0) is 52.8. The Balaban J connectivity index is 0.000000261. The number of anilines is 4. The van der Waals surface area contributed by atoms with Crippen LogP contribution in [0.15, 0.2) is 71.2 Å². The molecule has 4 aromatic rings. The number of rotatable bonds is 8. The maximum absolute atomic E-state index is 13.4. The monoisotopic (exact) mass is 1050 g/mol. The van der Waals surface area contributed by atoms with Gasteiger partial charge in [-0.25, -0.2) is 47.0 Å². The molecule has 0 bridgehead atoms. The molecular weight excluding hydrogens is 1020 g/mol. The minimum atomic E-state index is -4.91. The van der Waals surface area contributed by atoms with Crippen LogP contribution in [-0.2, 0) is 41.9 Å². The van der Waals surface area contributed by atoms with E-state index in [2.05, 4.69) is 30.6 Å². The van der Waals surface area contributed by atoms with Crippen LogP contribution in [0, 0.1) is 0 Å². The number of aromatic nitrogens is 4. The van der Waals surface area contributed by atoms with Gasteiger partial charge >= 0.3 is 24.7 Å². The van der Waals surface area contributed by atoms with Crippen LogP contribution in [0.25, 0.3) is 0 Å². The molecule has 6 heterocycles. The SMILES string of the molecule is CC1(C)CN(c2ncc(C(F)(F)F)cc2C(=O)Nc2ccnc(S(N)(=O)=O)c2)CC(C(F)(F)F)O1.CC1(C)CN(c2ncc(C(F)(F)F)cc2C(=O)Nc2ccnc(S(N)(=O)=O)c2)CC(C(F)(F)F)O1. The molecule has 0 aliphatic carbocycles. The number of nitrogens with one attached hydrogen (secondary N) is 2. The van der Waals surface area contributed by atoms with Gasteiger partial charge in [0.2, 0.25) is 0 Å². The number of carbonyl (C=O) groups is 2. The Morgan fingerprint density at radius 1 is 0.600 bits per heavy atom. The topological polar surface area (TPSA) is 255 Å². The molecule has 0 radical (unpaired) electrons. The highest BCUT2D eigenvalue weighted by molar-refractivity contribution is 7.89. The van der Waals surface area contributed by atoms with Gasteiger partial charge in [0.15, 0.2) is 22.3 Å². The summed E-state index contributed by atoms with van der Waals surface area (Å²) in [6, 6.07) is 4.92. The van der Waals surface area contributed by atoms with E-state index in [-0.39, 0.29) is 24.5 Å². The number of hydrogen-bond donors (Lipinski definition) is 4. The molecule has 32 heteroatoms. The van der Waals surface area contributed by atoms with E-state index in [1.54, 1.807) is 0 Å². The number of amides is 2. The van der Waals surface area contributed by atoms with Gasteiger partial charge in [0, 0.05) is 61.4 Å². The van der Waals surface area contributed by atoms with Crippen LogP contribution in [0.2, 0.25) is 0 Å². The van der Waals surface area contributed by atoms with Crippen LogP contribution in [0.4, 0.5) is 75.7 Å². The largest absolute Gasteiger partial charge is 0.417 e. The number of alkyl halides is 12. The summed E-state index contributed by atoms with van der Waals surface area (Å²) in [4.78, 5) is 42.3. The van der Waals surface area contributed by atoms with Crippen LogP contribution in [-0.4, -0.2) is 111 Å². The van der Waals surface area contributed by atoms with E-state index in [4.69, 9.17) is 19.8 Å².